The van der Waals surface area contributed by atoms with Gasteiger partial charge in [-0.05, 0) is 6.07 Å². The molecule has 0 saturated heterocycles. The Morgan fingerprint density at radius 2 is 1.83 bits per heavy atom. The number of aromatic nitrogens is 4. The van der Waals surface area contributed by atoms with Gasteiger partial charge in [-0.1, -0.05) is 11.8 Å². The monoisotopic (exact) mass is 440 g/mol. The highest BCUT2D eigenvalue weighted by atomic mass is 32.2. The zero-order chi connectivity index (χ0) is 20.7. The number of fused-ring (bicyclic) bond motifs is 1. The highest BCUT2D eigenvalue weighted by Crippen LogP contribution is 2.28. The van der Waals surface area contributed by atoms with Gasteiger partial charge >= 0.3 is 0 Å². The van der Waals surface area contributed by atoms with Crippen molar-refractivity contribution in [3.05, 3.63) is 69.1 Å². The minimum Gasteiger partial charge on any atom is -0.493 e. The van der Waals surface area contributed by atoms with Crippen LogP contribution in [0.1, 0.15) is 5.56 Å². The normalized spacial score (nSPS) is 11.3. The van der Waals surface area contributed by atoms with Gasteiger partial charge in [0, 0.05) is 29.5 Å². The fraction of sp³-hybridized carbons (Fsp3) is 0.0588. The molecule has 0 bridgehead atoms. The van der Waals surface area contributed by atoms with Crippen molar-refractivity contribution in [1.82, 2.24) is 19.5 Å². The average molecular weight is 440 g/mol. The van der Waals surface area contributed by atoms with Crippen molar-refractivity contribution in [2.45, 2.75) is 10.9 Å². The van der Waals surface area contributed by atoms with Crippen LogP contribution < -0.4 is 5.56 Å². The number of hydrogen-bond donors (Lipinski definition) is 1. The Labute approximate surface area is 167 Å². The quantitative estimate of drug-likeness (QED) is 0.225. The molecule has 0 atom stereocenters. The molecule has 6 nitrogen and oxygen atoms in total. The number of aromatic hydroxyl groups is 1. The Morgan fingerprint density at radius 3 is 2.52 bits per heavy atom. The van der Waals surface area contributed by atoms with Crippen molar-refractivity contribution in [3.63, 3.8) is 0 Å². The standard InChI is InChI=1S/C17H8F4N4O2S2/c18-7-3-9(19)8(10(20)4-7)5-28-17-24-15-13(29-6-22-15)16(27)25(17)11-1-2-12(26)23-14(11)21/h1-4,6H,5H2,(H,23,26). The number of hydrogen-bond acceptors (Lipinski definition) is 7. The summed E-state index contributed by atoms with van der Waals surface area (Å²) in [5.41, 5.74) is 0.0678. The van der Waals surface area contributed by atoms with Crippen molar-refractivity contribution < 1.29 is 22.7 Å². The van der Waals surface area contributed by atoms with E-state index < -0.39 is 40.4 Å². The lowest BCUT2D eigenvalue weighted by atomic mass is 10.2. The topological polar surface area (TPSA) is 80.9 Å². The molecule has 0 spiro atoms. The third-order valence-corrected chi connectivity index (χ3v) is 5.61. The molecule has 0 aliphatic heterocycles. The van der Waals surface area contributed by atoms with E-state index in [2.05, 4.69) is 15.0 Å². The predicted octanol–water partition coefficient (Wildman–Crippen LogP) is 3.79. The van der Waals surface area contributed by atoms with E-state index in [0.717, 1.165) is 39.8 Å². The van der Waals surface area contributed by atoms with Crippen LogP contribution in [0.5, 0.6) is 5.88 Å². The minimum absolute atomic E-state index is 0.0888. The van der Waals surface area contributed by atoms with E-state index >= 15 is 0 Å². The first kappa shape index (κ1) is 19.3. The molecule has 29 heavy (non-hydrogen) atoms. The maximum Gasteiger partial charge on any atom is 0.278 e. The van der Waals surface area contributed by atoms with E-state index in [9.17, 15) is 27.5 Å². The van der Waals surface area contributed by atoms with Crippen LogP contribution in [0.15, 0.2) is 39.7 Å². The molecule has 1 N–H and O–H groups in total. The zero-order valence-corrected chi connectivity index (χ0v) is 15.7. The Bertz CT molecular complexity index is 1290. The molecule has 4 rings (SSSR count). The number of thioether (sulfide) groups is 1. The highest BCUT2D eigenvalue weighted by Gasteiger charge is 2.20. The minimum atomic E-state index is -1.14. The molecule has 3 heterocycles. The van der Waals surface area contributed by atoms with Gasteiger partial charge in [-0.25, -0.2) is 27.7 Å². The van der Waals surface area contributed by atoms with Gasteiger partial charge in [0.15, 0.2) is 10.8 Å². The summed E-state index contributed by atoms with van der Waals surface area (Å²) in [5.74, 6) is -5.35. The van der Waals surface area contributed by atoms with E-state index in [0.29, 0.717) is 12.1 Å². The largest absolute Gasteiger partial charge is 0.493 e. The van der Waals surface area contributed by atoms with Crippen molar-refractivity contribution in [2.24, 2.45) is 0 Å². The van der Waals surface area contributed by atoms with Crippen molar-refractivity contribution in [1.29, 1.82) is 0 Å². The summed E-state index contributed by atoms with van der Waals surface area (Å²) in [5, 5.41) is 9.21. The maximum absolute atomic E-state index is 14.3. The fourth-order valence-corrected chi connectivity index (χ4v) is 4.20. The molecule has 0 unspecified atom stereocenters. The number of benzene rings is 1. The van der Waals surface area contributed by atoms with Crippen LogP contribution in [0.3, 0.4) is 0 Å². The first-order valence-electron chi connectivity index (χ1n) is 7.83. The number of nitrogens with zero attached hydrogens (tertiary/aromatic N) is 4. The Balaban J connectivity index is 1.85. The average Bonchev–Trinajstić information content (AvgIpc) is 3.11. The zero-order valence-electron chi connectivity index (χ0n) is 14.1. The van der Waals surface area contributed by atoms with Crippen LogP contribution in [0.25, 0.3) is 16.0 Å². The second kappa shape index (κ2) is 7.44. The summed E-state index contributed by atoms with van der Waals surface area (Å²) in [6.07, 6.45) is 0. The summed E-state index contributed by atoms with van der Waals surface area (Å²) in [6.45, 7) is 0. The second-order valence-corrected chi connectivity index (χ2v) is 7.45. The number of pyridine rings is 1. The van der Waals surface area contributed by atoms with Crippen LogP contribution >= 0.6 is 23.1 Å². The smallest absolute Gasteiger partial charge is 0.278 e. The third kappa shape index (κ3) is 3.56. The summed E-state index contributed by atoms with van der Waals surface area (Å²) in [6, 6.07) is 3.27. The lowest BCUT2D eigenvalue weighted by Crippen LogP contribution is -2.22. The summed E-state index contributed by atoms with van der Waals surface area (Å²) in [4.78, 5) is 24.3. The Hall–Kier alpha value is -2.99. The molecule has 4 aromatic rings. The molecular formula is C17H8F4N4O2S2. The molecule has 0 aliphatic rings. The lowest BCUT2D eigenvalue weighted by Gasteiger charge is -2.12. The van der Waals surface area contributed by atoms with Crippen molar-refractivity contribution in [2.75, 3.05) is 0 Å². The van der Waals surface area contributed by atoms with Gasteiger partial charge in [0.2, 0.25) is 11.8 Å². The summed E-state index contributed by atoms with van der Waals surface area (Å²) in [7, 11) is 0. The van der Waals surface area contributed by atoms with Gasteiger partial charge in [0.25, 0.3) is 5.56 Å². The molecule has 0 fully saturated rings. The van der Waals surface area contributed by atoms with Gasteiger partial charge in [-0.15, -0.1) is 11.3 Å². The number of rotatable bonds is 4. The van der Waals surface area contributed by atoms with E-state index in [1.165, 1.54) is 5.51 Å². The molecule has 1 aromatic carbocycles. The van der Waals surface area contributed by atoms with E-state index in [-0.39, 0.29) is 26.9 Å². The van der Waals surface area contributed by atoms with E-state index in [1.54, 1.807) is 0 Å². The summed E-state index contributed by atoms with van der Waals surface area (Å²) < 4.78 is 56.3. The molecule has 148 valence electrons. The van der Waals surface area contributed by atoms with Crippen molar-refractivity contribution in [3.8, 4) is 11.6 Å². The van der Waals surface area contributed by atoms with Crippen LogP contribution in [-0.2, 0) is 5.75 Å². The Kier molecular flexibility index (Phi) is 4.96. The molecule has 0 saturated carbocycles. The van der Waals surface area contributed by atoms with Gasteiger partial charge < -0.3 is 5.11 Å². The van der Waals surface area contributed by atoms with Crippen LogP contribution in [0.4, 0.5) is 17.6 Å². The van der Waals surface area contributed by atoms with Gasteiger partial charge in [-0.2, -0.15) is 9.37 Å². The fourth-order valence-electron chi connectivity index (χ4n) is 2.54. The molecule has 0 radical (unpaired) electrons. The lowest BCUT2D eigenvalue weighted by molar-refractivity contribution is 0.433. The number of halogens is 4. The van der Waals surface area contributed by atoms with Crippen LogP contribution in [-0.4, -0.2) is 24.6 Å². The first-order chi connectivity index (χ1) is 13.8. The molecular weight excluding hydrogens is 432 g/mol. The molecule has 0 aliphatic carbocycles. The molecule has 12 heteroatoms. The van der Waals surface area contributed by atoms with Crippen LogP contribution in [0, 0.1) is 23.4 Å². The summed E-state index contributed by atoms with van der Waals surface area (Å²) >= 11 is 1.72. The van der Waals surface area contributed by atoms with Crippen molar-refractivity contribution >= 4 is 33.4 Å². The van der Waals surface area contributed by atoms with Crippen LogP contribution in [0.2, 0.25) is 0 Å². The second-order valence-electron chi connectivity index (χ2n) is 5.66. The molecule has 3 aromatic heterocycles. The van der Waals surface area contributed by atoms with E-state index in [1.807, 2.05) is 0 Å². The van der Waals surface area contributed by atoms with Gasteiger partial charge in [0.05, 0.1) is 5.51 Å². The maximum atomic E-state index is 14.3. The highest BCUT2D eigenvalue weighted by molar-refractivity contribution is 7.98. The third-order valence-electron chi connectivity index (χ3n) is 3.85. The Morgan fingerprint density at radius 1 is 1.10 bits per heavy atom. The van der Waals surface area contributed by atoms with E-state index in [4.69, 9.17) is 0 Å². The number of thiazole rings is 1. The predicted molar refractivity (Wildman–Crippen MR) is 98.3 cm³/mol. The molecule has 0 amide bonds. The van der Waals surface area contributed by atoms with Gasteiger partial charge in [-0.3, -0.25) is 4.79 Å². The van der Waals surface area contributed by atoms with Gasteiger partial charge in [0.1, 0.15) is 27.8 Å². The first-order valence-corrected chi connectivity index (χ1v) is 9.70. The SMILES string of the molecule is O=c1c2scnc2nc(SCc2c(F)cc(F)cc2F)n1-c1ccc(O)nc1F.